The Kier molecular flexibility index (Phi) is 4.99. The minimum absolute atomic E-state index is 0.296. The van der Waals surface area contributed by atoms with Gasteiger partial charge in [0.2, 0.25) is 0 Å². The number of phenolic OH excluding ortho intramolecular Hbond substituents is 1. The van der Waals surface area contributed by atoms with Crippen molar-refractivity contribution in [3.63, 3.8) is 0 Å². The fraction of sp³-hybridized carbons (Fsp3) is 0.412. The molecule has 0 bridgehead atoms. The van der Waals surface area contributed by atoms with E-state index in [0.29, 0.717) is 11.8 Å². The topological polar surface area (TPSA) is 32.3 Å². The van der Waals surface area contributed by atoms with Crippen LogP contribution in [0.1, 0.15) is 42.2 Å². The number of rotatable bonds is 5. The average Bonchev–Trinajstić information content (AvgIpc) is 3.16. The summed E-state index contributed by atoms with van der Waals surface area (Å²) in [7, 11) is 0. The highest BCUT2D eigenvalue weighted by Crippen LogP contribution is 2.37. The van der Waals surface area contributed by atoms with E-state index in [1.807, 2.05) is 23.5 Å². The van der Waals surface area contributed by atoms with Gasteiger partial charge in [-0.3, -0.25) is 0 Å². The summed E-state index contributed by atoms with van der Waals surface area (Å²) in [6.07, 6.45) is 5.38. The fourth-order valence-corrected chi connectivity index (χ4v) is 4.47. The molecule has 112 valence electrons. The molecule has 1 heterocycles. The van der Waals surface area contributed by atoms with Crippen LogP contribution in [0.15, 0.2) is 40.2 Å². The van der Waals surface area contributed by atoms with E-state index in [-0.39, 0.29) is 0 Å². The van der Waals surface area contributed by atoms with Gasteiger partial charge in [0.05, 0.1) is 4.47 Å². The second-order valence-corrected chi connectivity index (χ2v) is 7.54. The molecule has 2 nitrogen and oxygen atoms in total. The molecule has 3 rings (SSSR count). The Morgan fingerprint density at radius 2 is 2.10 bits per heavy atom. The molecule has 1 saturated carbocycles. The Bertz CT molecular complexity index is 578. The maximum Gasteiger partial charge on any atom is 0.129 e. The highest BCUT2D eigenvalue weighted by atomic mass is 79.9. The number of aromatic hydroxyl groups is 1. The van der Waals surface area contributed by atoms with Gasteiger partial charge in [0.15, 0.2) is 0 Å². The fourth-order valence-electron chi connectivity index (χ4n) is 3.15. The molecule has 1 aliphatic rings. The minimum atomic E-state index is 0.296. The van der Waals surface area contributed by atoms with Crippen LogP contribution in [-0.2, 0) is 6.54 Å². The zero-order chi connectivity index (χ0) is 14.7. The van der Waals surface area contributed by atoms with Gasteiger partial charge in [-0.2, -0.15) is 0 Å². The minimum Gasteiger partial charge on any atom is -0.507 e. The van der Waals surface area contributed by atoms with E-state index in [0.717, 1.165) is 16.9 Å². The van der Waals surface area contributed by atoms with Gasteiger partial charge in [0.25, 0.3) is 0 Å². The maximum atomic E-state index is 9.58. The highest BCUT2D eigenvalue weighted by molar-refractivity contribution is 9.10. The predicted molar refractivity (Wildman–Crippen MR) is 91.7 cm³/mol. The average molecular weight is 366 g/mol. The van der Waals surface area contributed by atoms with Gasteiger partial charge in [-0.25, -0.2) is 0 Å². The Morgan fingerprint density at radius 3 is 2.76 bits per heavy atom. The van der Waals surface area contributed by atoms with Gasteiger partial charge in [0, 0.05) is 17.5 Å². The number of benzene rings is 1. The predicted octanol–water partition coefficient (Wildman–Crippen LogP) is 5.24. The molecule has 1 aliphatic carbocycles. The first-order valence-electron chi connectivity index (χ1n) is 7.48. The van der Waals surface area contributed by atoms with Gasteiger partial charge >= 0.3 is 0 Å². The zero-order valence-electron chi connectivity index (χ0n) is 11.9. The van der Waals surface area contributed by atoms with Crippen molar-refractivity contribution < 1.29 is 5.11 Å². The first kappa shape index (κ1) is 15.1. The van der Waals surface area contributed by atoms with Crippen molar-refractivity contribution in [2.24, 2.45) is 5.92 Å². The molecule has 1 unspecified atom stereocenters. The van der Waals surface area contributed by atoms with Crippen LogP contribution >= 0.6 is 27.3 Å². The lowest BCUT2D eigenvalue weighted by Crippen LogP contribution is -2.26. The van der Waals surface area contributed by atoms with Gasteiger partial charge < -0.3 is 10.4 Å². The molecule has 0 radical (unpaired) electrons. The summed E-state index contributed by atoms with van der Waals surface area (Å²) >= 11 is 5.23. The molecule has 1 aromatic heterocycles. The molecule has 1 fully saturated rings. The molecule has 4 heteroatoms. The van der Waals surface area contributed by atoms with Crippen LogP contribution < -0.4 is 5.32 Å². The molecular weight excluding hydrogens is 346 g/mol. The first-order valence-corrected chi connectivity index (χ1v) is 9.15. The second kappa shape index (κ2) is 6.95. The smallest absolute Gasteiger partial charge is 0.129 e. The second-order valence-electron chi connectivity index (χ2n) is 5.70. The van der Waals surface area contributed by atoms with Crippen LogP contribution in [0.5, 0.6) is 5.75 Å². The van der Waals surface area contributed by atoms with Crippen molar-refractivity contribution in [1.82, 2.24) is 5.32 Å². The van der Waals surface area contributed by atoms with Crippen LogP contribution in [-0.4, -0.2) is 5.11 Å². The van der Waals surface area contributed by atoms with E-state index in [4.69, 9.17) is 0 Å². The number of thiophene rings is 1. The standard InChI is InChI=1S/C17H20BrNOS/c18-14-10-12(7-8-15(14)20)11-19-17(13-4-1-2-5-13)16-6-3-9-21-16/h3,6-10,13,17,19-20H,1-2,4-5,11H2. The molecule has 0 amide bonds. The van der Waals surface area contributed by atoms with Crippen molar-refractivity contribution in [3.05, 3.63) is 50.6 Å². The molecule has 2 aromatic rings. The van der Waals surface area contributed by atoms with Crippen LogP contribution in [0.25, 0.3) is 0 Å². The normalized spacial score (nSPS) is 17.2. The van der Waals surface area contributed by atoms with Crippen molar-refractivity contribution in [2.45, 2.75) is 38.3 Å². The third-order valence-electron chi connectivity index (χ3n) is 4.26. The summed E-state index contributed by atoms with van der Waals surface area (Å²) in [5, 5.41) is 15.5. The molecule has 0 aliphatic heterocycles. The van der Waals surface area contributed by atoms with Crippen LogP contribution in [0.2, 0.25) is 0 Å². The van der Waals surface area contributed by atoms with Gasteiger partial charge in [-0.05, 0) is 63.8 Å². The third-order valence-corrected chi connectivity index (χ3v) is 5.85. The molecule has 1 atom stereocenters. The van der Waals surface area contributed by atoms with Crippen molar-refractivity contribution in [1.29, 1.82) is 0 Å². The molecular formula is C17H20BrNOS. The van der Waals surface area contributed by atoms with Crippen molar-refractivity contribution in [2.75, 3.05) is 0 Å². The molecule has 2 N–H and O–H groups in total. The van der Waals surface area contributed by atoms with E-state index >= 15 is 0 Å². The summed E-state index contributed by atoms with van der Waals surface area (Å²) in [5.74, 6) is 1.05. The number of halogens is 1. The Balaban J connectivity index is 1.71. The number of hydrogen-bond acceptors (Lipinski definition) is 3. The zero-order valence-corrected chi connectivity index (χ0v) is 14.3. The summed E-state index contributed by atoms with van der Waals surface area (Å²) in [6, 6.07) is 10.6. The van der Waals surface area contributed by atoms with Gasteiger partial charge in [-0.15, -0.1) is 11.3 Å². The summed E-state index contributed by atoms with van der Waals surface area (Å²) in [6.45, 7) is 0.831. The first-order chi connectivity index (χ1) is 10.2. The van der Waals surface area contributed by atoms with E-state index < -0.39 is 0 Å². The van der Waals surface area contributed by atoms with Crippen molar-refractivity contribution >= 4 is 27.3 Å². The molecule has 21 heavy (non-hydrogen) atoms. The summed E-state index contributed by atoms with van der Waals surface area (Å²) < 4.78 is 0.760. The monoisotopic (exact) mass is 365 g/mol. The number of hydrogen-bond donors (Lipinski definition) is 2. The lowest BCUT2D eigenvalue weighted by atomic mass is 9.96. The van der Waals surface area contributed by atoms with Crippen LogP contribution in [0, 0.1) is 5.92 Å². The van der Waals surface area contributed by atoms with Crippen molar-refractivity contribution in [3.8, 4) is 5.75 Å². The SMILES string of the molecule is Oc1ccc(CNC(c2cccs2)C2CCCC2)cc1Br. The molecule has 1 aromatic carbocycles. The van der Waals surface area contributed by atoms with E-state index in [9.17, 15) is 5.11 Å². The quantitative estimate of drug-likeness (QED) is 0.759. The Hall–Kier alpha value is -0.840. The van der Waals surface area contributed by atoms with E-state index in [2.05, 4.69) is 38.8 Å². The Labute approximate surface area is 138 Å². The van der Waals surface area contributed by atoms with Gasteiger partial charge in [-0.1, -0.05) is 25.0 Å². The molecule has 0 spiro atoms. The number of nitrogens with one attached hydrogen (secondary N) is 1. The third kappa shape index (κ3) is 3.68. The lowest BCUT2D eigenvalue weighted by molar-refractivity contribution is 0.371. The van der Waals surface area contributed by atoms with E-state index in [1.165, 1.54) is 36.1 Å². The van der Waals surface area contributed by atoms with Crippen LogP contribution in [0.3, 0.4) is 0 Å². The van der Waals surface area contributed by atoms with Gasteiger partial charge in [0.1, 0.15) is 5.75 Å². The largest absolute Gasteiger partial charge is 0.507 e. The summed E-state index contributed by atoms with van der Waals surface area (Å²) in [5.41, 5.74) is 1.19. The highest BCUT2D eigenvalue weighted by Gasteiger charge is 2.26. The lowest BCUT2D eigenvalue weighted by Gasteiger charge is -2.24. The van der Waals surface area contributed by atoms with Crippen LogP contribution in [0.4, 0.5) is 0 Å². The molecule has 0 saturated heterocycles. The number of phenols is 1. The Morgan fingerprint density at radius 1 is 1.29 bits per heavy atom. The maximum absolute atomic E-state index is 9.58. The summed E-state index contributed by atoms with van der Waals surface area (Å²) in [4.78, 5) is 1.44. The van der Waals surface area contributed by atoms with E-state index in [1.54, 1.807) is 6.07 Å².